The number of benzene rings is 1. The Balaban J connectivity index is 1.79. The van der Waals surface area contributed by atoms with E-state index in [0.29, 0.717) is 12.7 Å². The van der Waals surface area contributed by atoms with Crippen molar-refractivity contribution in [3.8, 4) is 0 Å². The molecule has 1 aliphatic rings. The fraction of sp³-hybridized carbons (Fsp3) is 0.684. The van der Waals surface area contributed by atoms with Gasteiger partial charge in [-0.3, -0.25) is 10.1 Å². The second kappa shape index (κ2) is 10.4. The van der Waals surface area contributed by atoms with Crippen LogP contribution in [0.2, 0.25) is 0 Å². The molecule has 0 bridgehead atoms. The first-order chi connectivity index (χ1) is 11.3. The van der Waals surface area contributed by atoms with Gasteiger partial charge >= 0.3 is 0 Å². The summed E-state index contributed by atoms with van der Waals surface area (Å²) < 4.78 is 6.10. The zero-order chi connectivity index (χ0) is 16.3. The molecule has 0 N–H and O–H groups in total. The molecule has 0 saturated heterocycles. The van der Waals surface area contributed by atoms with Crippen LogP contribution in [-0.2, 0) is 11.3 Å². The molecule has 1 fully saturated rings. The molecule has 1 aromatic rings. The molecule has 1 aromatic carbocycles. The normalized spacial score (nSPS) is 18.8. The van der Waals surface area contributed by atoms with Gasteiger partial charge in [0.15, 0.2) is 0 Å². The molecule has 1 saturated carbocycles. The molecular weight excluding hydrogens is 290 g/mol. The quantitative estimate of drug-likeness (QED) is 0.521. The Hall–Kier alpha value is -1.42. The van der Waals surface area contributed by atoms with Gasteiger partial charge in [0.1, 0.15) is 0 Å². The first-order valence-electron chi connectivity index (χ1n) is 9.10. The molecule has 23 heavy (non-hydrogen) atoms. The maximum absolute atomic E-state index is 10.7. The lowest BCUT2D eigenvalue weighted by Gasteiger charge is -2.19. The molecular formula is C19H29NO3. The summed E-state index contributed by atoms with van der Waals surface area (Å²) in [5.41, 5.74) is 1.15. The summed E-state index contributed by atoms with van der Waals surface area (Å²) in [6.07, 6.45) is 14.7. The molecule has 128 valence electrons. The molecule has 0 amide bonds. The van der Waals surface area contributed by atoms with Gasteiger partial charge < -0.3 is 4.74 Å². The van der Waals surface area contributed by atoms with E-state index < -0.39 is 0 Å². The summed E-state index contributed by atoms with van der Waals surface area (Å²) in [7, 11) is 0. The van der Waals surface area contributed by atoms with E-state index in [2.05, 4.69) is 0 Å². The van der Waals surface area contributed by atoms with E-state index in [-0.39, 0.29) is 10.6 Å². The highest BCUT2D eigenvalue weighted by Crippen LogP contribution is 2.20. The van der Waals surface area contributed by atoms with Gasteiger partial charge in [-0.2, -0.15) is 0 Å². The van der Waals surface area contributed by atoms with E-state index in [9.17, 15) is 10.1 Å². The summed E-state index contributed by atoms with van der Waals surface area (Å²) in [4.78, 5) is 10.3. The summed E-state index contributed by atoms with van der Waals surface area (Å²) in [5, 5.41) is 10.7. The van der Waals surface area contributed by atoms with Crippen LogP contribution in [0.5, 0.6) is 0 Å². The Morgan fingerprint density at radius 3 is 1.83 bits per heavy atom. The molecule has 4 nitrogen and oxygen atoms in total. The molecule has 0 aromatic heterocycles. The Labute approximate surface area is 139 Å². The molecule has 0 heterocycles. The Morgan fingerprint density at radius 2 is 1.35 bits per heavy atom. The minimum absolute atomic E-state index is 0.139. The third kappa shape index (κ3) is 7.12. The molecule has 0 radical (unpaired) electrons. The third-order valence-corrected chi connectivity index (χ3v) is 4.69. The maximum Gasteiger partial charge on any atom is 0.269 e. The van der Waals surface area contributed by atoms with Crippen molar-refractivity contribution in [2.75, 3.05) is 0 Å². The number of nitro benzene ring substituents is 1. The van der Waals surface area contributed by atoms with Crippen LogP contribution in [0.3, 0.4) is 0 Å². The van der Waals surface area contributed by atoms with E-state index >= 15 is 0 Å². The molecule has 0 aliphatic heterocycles. The molecule has 4 heteroatoms. The predicted octanol–water partition coefficient (Wildman–Crippen LogP) is 5.78. The van der Waals surface area contributed by atoms with E-state index in [0.717, 1.165) is 18.4 Å². The SMILES string of the molecule is O=[N+]([O-])c1ccc(COC2CCCCCCCCCCC2)cc1. The maximum atomic E-state index is 10.7. The number of rotatable bonds is 4. The highest BCUT2D eigenvalue weighted by Gasteiger charge is 2.11. The highest BCUT2D eigenvalue weighted by molar-refractivity contribution is 5.32. The average Bonchev–Trinajstić information content (AvgIpc) is 2.55. The van der Waals surface area contributed by atoms with Crippen molar-refractivity contribution in [2.45, 2.75) is 83.3 Å². The van der Waals surface area contributed by atoms with Crippen molar-refractivity contribution >= 4 is 5.69 Å². The van der Waals surface area contributed by atoms with Crippen molar-refractivity contribution in [1.82, 2.24) is 0 Å². The molecule has 0 spiro atoms. The first kappa shape index (κ1) is 17.9. The number of ether oxygens (including phenoxy) is 1. The minimum Gasteiger partial charge on any atom is -0.374 e. The predicted molar refractivity (Wildman–Crippen MR) is 92.5 cm³/mol. The van der Waals surface area contributed by atoms with Crippen LogP contribution in [0.1, 0.15) is 76.2 Å². The Morgan fingerprint density at radius 1 is 0.870 bits per heavy atom. The summed E-state index contributed by atoms with van der Waals surface area (Å²) in [6, 6.07) is 6.71. The Bertz CT molecular complexity index is 446. The number of hydrogen-bond donors (Lipinski definition) is 0. The van der Waals surface area contributed by atoms with Gasteiger partial charge in [0.2, 0.25) is 0 Å². The fourth-order valence-electron chi connectivity index (χ4n) is 3.22. The van der Waals surface area contributed by atoms with Gasteiger partial charge in [0.25, 0.3) is 5.69 Å². The van der Waals surface area contributed by atoms with E-state index in [1.165, 1.54) is 57.8 Å². The molecule has 1 aliphatic carbocycles. The van der Waals surface area contributed by atoms with Crippen molar-refractivity contribution in [3.63, 3.8) is 0 Å². The largest absolute Gasteiger partial charge is 0.374 e. The van der Waals surface area contributed by atoms with E-state index in [1.807, 2.05) is 0 Å². The third-order valence-electron chi connectivity index (χ3n) is 4.69. The Kier molecular flexibility index (Phi) is 8.08. The van der Waals surface area contributed by atoms with Crippen LogP contribution < -0.4 is 0 Å². The molecule has 0 atom stereocenters. The van der Waals surface area contributed by atoms with Gasteiger partial charge in [0, 0.05) is 12.1 Å². The van der Waals surface area contributed by atoms with Crippen molar-refractivity contribution in [2.24, 2.45) is 0 Å². The second-order valence-corrected chi connectivity index (χ2v) is 6.62. The number of hydrogen-bond acceptors (Lipinski definition) is 3. The summed E-state index contributed by atoms with van der Waals surface area (Å²) >= 11 is 0. The lowest BCUT2D eigenvalue weighted by molar-refractivity contribution is -0.384. The average molecular weight is 319 g/mol. The smallest absolute Gasteiger partial charge is 0.269 e. The lowest BCUT2D eigenvalue weighted by atomic mass is 9.99. The number of nitro groups is 1. The van der Waals surface area contributed by atoms with Crippen LogP contribution in [0, 0.1) is 10.1 Å². The van der Waals surface area contributed by atoms with Crippen LogP contribution in [-0.4, -0.2) is 11.0 Å². The summed E-state index contributed by atoms with van der Waals surface area (Å²) in [6.45, 7) is 0.558. The van der Waals surface area contributed by atoms with Crippen LogP contribution >= 0.6 is 0 Å². The standard InChI is InChI=1S/C19H29NO3/c21-20(22)18-14-12-17(13-15-18)16-23-19-10-8-6-4-2-1-3-5-7-9-11-19/h12-15,19H,1-11,16H2. The van der Waals surface area contributed by atoms with Crippen molar-refractivity contribution in [1.29, 1.82) is 0 Å². The monoisotopic (exact) mass is 319 g/mol. The van der Waals surface area contributed by atoms with Crippen LogP contribution in [0.4, 0.5) is 5.69 Å². The second-order valence-electron chi connectivity index (χ2n) is 6.62. The topological polar surface area (TPSA) is 52.4 Å². The highest BCUT2D eigenvalue weighted by atomic mass is 16.6. The van der Waals surface area contributed by atoms with Crippen LogP contribution in [0.25, 0.3) is 0 Å². The molecule has 0 unspecified atom stereocenters. The van der Waals surface area contributed by atoms with Gasteiger partial charge in [-0.1, -0.05) is 57.8 Å². The first-order valence-corrected chi connectivity index (χ1v) is 9.10. The van der Waals surface area contributed by atoms with Crippen LogP contribution in [0.15, 0.2) is 24.3 Å². The minimum atomic E-state index is -0.364. The van der Waals surface area contributed by atoms with Crippen molar-refractivity contribution in [3.05, 3.63) is 39.9 Å². The zero-order valence-corrected chi connectivity index (χ0v) is 14.0. The van der Waals surface area contributed by atoms with Gasteiger partial charge in [-0.15, -0.1) is 0 Å². The van der Waals surface area contributed by atoms with Gasteiger partial charge in [-0.05, 0) is 30.5 Å². The zero-order valence-electron chi connectivity index (χ0n) is 14.0. The summed E-state index contributed by atoms with van der Waals surface area (Å²) in [5.74, 6) is 0. The van der Waals surface area contributed by atoms with E-state index in [1.54, 1.807) is 24.3 Å². The van der Waals surface area contributed by atoms with Crippen molar-refractivity contribution < 1.29 is 9.66 Å². The molecule has 2 rings (SSSR count). The fourth-order valence-corrected chi connectivity index (χ4v) is 3.22. The van der Waals surface area contributed by atoms with Gasteiger partial charge in [-0.25, -0.2) is 0 Å². The number of nitrogens with zero attached hydrogens (tertiary/aromatic N) is 1. The number of non-ortho nitro benzene ring substituents is 1. The van der Waals surface area contributed by atoms with E-state index in [4.69, 9.17) is 4.74 Å². The van der Waals surface area contributed by atoms with Gasteiger partial charge in [0.05, 0.1) is 17.6 Å². The lowest BCUT2D eigenvalue weighted by Crippen LogP contribution is -2.13.